The first-order valence-corrected chi connectivity index (χ1v) is 8.08. The Morgan fingerprint density at radius 1 is 1.04 bits per heavy atom. The zero-order chi connectivity index (χ0) is 16.5. The fraction of sp³-hybridized carbons (Fsp3) is 0.235. The maximum atomic E-state index is 12.8. The van der Waals surface area contributed by atoms with Gasteiger partial charge in [-0.15, -0.1) is 0 Å². The van der Waals surface area contributed by atoms with Gasteiger partial charge in [0.25, 0.3) is 0 Å². The molecule has 2 amide bonds. The molecule has 23 heavy (non-hydrogen) atoms. The Balaban J connectivity index is 1.58. The van der Waals surface area contributed by atoms with Crippen LogP contribution in [0, 0.1) is 5.82 Å². The van der Waals surface area contributed by atoms with E-state index < -0.39 is 0 Å². The number of carbonyl (C=O) groups is 1. The van der Waals surface area contributed by atoms with Gasteiger partial charge in [-0.1, -0.05) is 24.3 Å². The Bertz CT molecular complexity index is 635. The summed E-state index contributed by atoms with van der Waals surface area (Å²) in [6.45, 7) is 1.28. The van der Waals surface area contributed by atoms with E-state index in [0.29, 0.717) is 26.1 Å². The highest BCUT2D eigenvalue weighted by molar-refractivity contribution is 9.10. The fourth-order valence-corrected chi connectivity index (χ4v) is 2.32. The lowest BCUT2D eigenvalue weighted by Gasteiger charge is -2.10. The second-order valence-electron chi connectivity index (χ2n) is 4.84. The highest BCUT2D eigenvalue weighted by Gasteiger charge is 2.02. The second kappa shape index (κ2) is 9.15. The molecule has 0 radical (unpaired) electrons. The van der Waals surface area contributed by atoms with E-state index in [9.17, 15) is 9.18 Å². The van der Waals surface area contributed by atoms with Crippen LogP contribution in [0.5, 0.6) is 5.75 Å². The van der Waals surface area contributed by atoms with Gasteiger partial charge in [-0.25, -0.2) is 9.18 Å². The minimum atomic E-state index is -0.260. The molecule has 0 aliphatic rings. The van der Waals surface area contributed by atoms with Crippen molar-refractivity contribution in [3.8, 4) is 5.75 Å². The van der Waals surface area contributed by atoms with E-state index in [1.54, 1.807) is 12.1 Å². The van der Waals surface area contributed by atoms with Gasteiger partial charge in [0, 0.05) is 6.54 Å². The number of nitrogens with one attached hydrogen (secondary N) is 2. The van der Waals surface area contributed by atoms with E-state index in [2.05, 4.69) is 26.6 Å². The molecule has 0 fully saturated rings. The van der Waals surface area contributed by atoms with Gasteiger partial charge in [-0.2, -0.15) is 0 Å². The number of hydrogen-bond donors (Lipinski definition) is 2. The Morgan fingerprint density at radius 3 is 2.48 bits per heavy atom. The van der Waals surface area contributed by atoms with Gasteiger partial charge in [0.15, 0.2) is 0 Å². The summed E-state index contributed by atoms with van der Waals surface area (Å²) in [5, 5.41) is 5.46. The second-order valence-corrected chi connectivity index (χ2v) is 5.69. The summed E-state index contributed by atoms with van der Waals surface area (Å²) in [5.41, 5.74) is 0.976. The molecule has 2 aromatic rings. The van der Waals surface area contributed by atoms with Crippen molar-refractivity contribution in [2.45, 2.75) is 6.42 Å². The first-order valence-electron chi connectivity index (χ1n) is 7.28. The van der Waals surface area contributed by atoms with Crippen LogP contribution in [0.4, 0.5) is 9.18 Å². The number of para-hydroxylation sites is 1. The topological polar surface area (TPSA) is 50.4 Å². The molecule has 0 spiro atoms. The van der Waals surface area contributed by atoms with Crippen LogP contribution < -0.4 is 15.4 Å². The SMILES string of the molecule is O=C(NCCOc1ccccc1Br)NCCc1ccc(F)cc1. The normalized spacial score (nSPS) is 10.2. The maximum absolute atomic E-state index is 12.8. The van der Waals surface area contributed by atoms with E-state index in [1.165, 1.54) is 12.1 Å². The number of benzene rings is 2. The number of urea groups is 1. The number of rotatable bonds is 7. The summed E-state index contributed by atoms with van der Waals surface area (Å²) >= 11 is 3.39. The summed E-state index contributed by atoms with van der Waals surface area (Å²) in [7, 11) is 0. The lowest BCUT2D eigenvalue weighted by molar-refractivity contribution is 0.236. The third kappa shape index (κ3) is 6.28. The summed E-state index contributed by atoms with van der Waals surface area (Å²) < 4.78 is 19.2. The summed E-state index contributed by atoms with van der Waals surface area (Å²) in [5.74, 6) is 0.482. The van der Waals surface area contributed by atoms with E-state index in [0.717, 1.165) is 15.8 Å². The summed E-state index contributed by atoms with van der Waals surface area (Å²) in [4.78, 5) is 11.6. The maximum Gasteiger partial charge on any atom is 0.314 e. The largest absolute Gasteiger partial charge is 0.491 e. The van der Waals surface area contributed by atoms with Crippen LogP contribution in [0.1, 0.15) is 5.56 Å². The van der Waals surface area contributed by atoms with Crippen molar-refractivity contribution in [2.24, 2.45) is 0 Å². The molecule has 0 aliphatic heterocycles. The van der Waals surface area contributed by atoms with Gasteiger partial charge >= 0.3 is 6.03 Å². The lowest BCUT2D eigenvalue weighted by Crippen LogP contribution is -2.38. The molecular weight excluding hydrogens is 363 g/mol. The first kappa shape index (κ1) is 17.3. The number of halogens is 2. The van der Waals surface area contributed by atoms with Crippen molar-refractivity contribution < 1.29 is 13.9 Å². The van der Waals surface area contributed by atoms with Gasteiger partial charge < -0.3 is 15.4 Å². The van der Waals surface area contributed by atoms with Crippen LogP contribution in [0.3, 0.4) is 0 Å². The van der Waals surface area contributed by atoms with Crippen LogP contribution in [-0.4, -0.2) is 25.7 Å². The molecule has 0 saturated heterocycles. The van der Waals surface area contributed by atoms with Gasteiger partial charge in [-0.3, -0.25) is 0 Å². The predicted octanol–water partition coefficient (Wildman–Crippen LogP) is 3.51. The molecule has 2 N–H and O–H groups in total. The molecule has 2 aromatic carbocycles. The monoisotopic (exact) mass is 380 g/mol. The molecule has 6 heteroatoms. The molecule has 0 aliphatic carbocycles. The van der Waals surface area contributed by atoms with Gasteiger partial charge in [0.2, 0.25) is 0 Å². The van der Waals surface area contributed by atoms with E-state index >= 15 is 0 Å². The third-order valence-electron chi connectivity index (χ3n) is 3.09. The van der Waals surface area contributed by atoms with Crippen molar-refractivity contribution >= 4 is 22.0 Å². The average Bonchev–Trinajstić information content (AvgIpc) is 2.55. The van der Waals surface area contributed by atoms with E-state index in [-0.39, 0.29) is 11.8 Å². The Kier molecular flexibility index (Phi) is 6.87. The zero-order valence-electron chi connectivity index (χ0n) is 12.5. The molecule has 4 nitrogen and oxygen atoms in total. The average molecular weight is 381 g/mol. The minimum Gasteiger partial charge on any atom is -0.491 e. The fourth-order valence-electron chi connectivity index (χ4n) is 1.92. The highest BCUT2D eigenvalue weighted by atomic mass is 79.9. The van der Waals surface area contributed by atoms with Crippen molar-refractivity contribution in [1.82, 2.24) is 10.6 Å². The predicted molar refractivity (Wildman–Crippen MR) is 91.1 cm³/mol. The quantitative estimate of drug-likeness (QED) is 0.722. The Hall–Kier alpha value is -2.08. The summed E-state index contributed by atoms with van der Waals surface area (Å²) in [6, 6.07) is 13.5. The van der Waals surface area contributed by atoms with Crippen LogP contribution in [0.2, 0.25) is 0 Å². The minimum absolute atomic E-state index is 0.247. The molecule has 0 bridgehead atoms. The standard InChI is InChI=1S/C17H18BrFN2O2/c18-15-3-1-2-4-16(15)23-12-11-21-17(22)20-10-9-13-5-7-14(19)8-6-13/h1-8H,9-12H2,(H2,20,21,22). The summed E-state index contributed by atoms with van der Waals surface area (Å²) in [6.07, 6.45) is 0.654. The smallest absolute Gasteiger partial charge is 0.314 e. The lowest BCUT2D eigenvalue weighted by atomic mass is 10.1. The Labute approximate surface area is 143 Å². The molecule has 0 heterocycles. The molecule has 0 unspecified atom stereocenters. The third-order valence-corrected chi connectivity index (χ3v) is 3.75. The Morgan fingerprint density at radius 2 is 1.74 bits per heavy atom. The highest BCUT2D eigenvalue weighted by Crippen LogP contribution is 2.23. The van der Waals surface area contributed by atoms with E-state index in [1.807, 2.05) is 24.3 Å². The molecule has 122 valence electrons. The molecule has 0 atom stereocenters. The van der Waals surface area contributed by atoms with Gasteiger partial charge in [0.1, 0.15) is 18.2 Å². The van der Waals surface area contributed by atoms with Crippen molar-refractivity contribution in [3.63, 3.8) is 0 Å². The number of hydrogen-bond acceptors (Lipinski definition) is 2. The zero-order valence-corrected chi connectivity index (χ0v) is 14.1. The van der Waals surface area contributed by atoms with Crippen LogP contribution in [0.25, 0.3) is 0 Å². The van der Waals surface area contributed by atoms with Crippen LogP contribution in [-0.2, 0) is 6.42 Å². The van der Waals surface area contributed by atoms with Crippen molar-refractivity contribution in [1.29, 1.82) is 0 Å². The van der Waals surface area contributed by atoms with Gasteiger partial charge in [0.05, 0.1) is 11.0 Å². The molecular formula is C17H18BrFN2O2. The number of amides is 2. The number of ether oxygens (including phenoxy) is 1. The van der Waals surface area contributed by atoms with Crippen LogP contribution in [0.15, 0.2) is 53.0 Å². The van der Waals surface area contributed by atoms with E-state index in [4.69, 9.17) is 4.74 Å². The molecule has 0 saturated carbocycles. The van der Waals surface area contributed by atoms with Gasteiger partial charge in [-0.05, 0) is 52.2 Å². The first-order chi connectivity index (χ1) is 11.1. The molecule has 0 aromatic heterocycles. The van der Waals surface area contributed by atoms with Crippen molar-refractivity contribution in [3.05, 3.63) is 64.4 Å². The van der Waals surface area contributed by atoms with Crippen LogP contribution >= 0.6 is 15.9 Å². The molecule has 2 rings (SSSR count). The number of carbonyl (C=O) groups excluding carboxylic acids is 1. The van der Waals surface area contributed by atoms with Crippen molar-refractivity contribution in [2.75, 3.05) is 19.7 Å².